The molecule has 0 radical (unpaired) electrons. The molecule has 28 heavy (non-hydrogen) atoms. The first-order chi connectivity index (χ1) is 12.3. The molecule has 0 unspecified atom stereocenters. The summed E-state index contributed by atoms with van der Waals surface area (Å²) in [6, 6.07) is 2.66. The summed E-state index contributed by atoms with van der Waals surface area (Å²) < 4.78 is 108. The lowest BCUT2D eigenvalue weighted by Gasteiger charge is -2.32. The topological polar surface area (TPSA) is 52.3 Å². The number of esters is 1. The Morgan fingerprint density at radius 2 is 1.54 bits per heavy atom. The van der Waals surface area contributed by atoms with E-state index < -0.39 is 59.4 Å². The standard InChI is InChI=1S/C17H19F8NO2/c1-13(2,3)28-12(27)14(26,9-15(18,19)20)8-10-5-4-6-11(7-10)16(21,22)17(23,24)25/h4-7H,8-9,26H2,1-3H3/t14-/m1/s1. The van der Waals surface area contributed by atoms with Gasteiger partial charge in [-0.15, -0.1) is 0 Å². The molecule has 1 rings (SSSR count). The fourth-order valence-electron chi connectivity index (χ4n) is 2.35. The van der Waals surface area contributed by atoms with E-state index in [1.165, 1.54) is 20.8 Å². The third kappa shape index (κ3) is 6.32. The molecule has 0 aliphatic heterocycles. The molecule has 0 saturated carbocycles. The largest absolute Gasteiger partial charge is 0.459 e. The highest BCUT2D eigenvalue weighted by Crippen LogP contribution is 2.44. The summed E-state index contributed by atoms with van der Waals surface area (Å²) in [5.41, 5.74) is -0.179. The lowest BCUT2D eigenvalue weighted by molar-refractivity contribution is -0.289. The van der Waals surface area contributed by atoms with Crippen molar-refractivity contribution in [1.82, 2.24) is 0 Å². The van der Waals surface area contributed by atoms with Crippen molar-refractivity contribution in [3.05, 3.63) is 35.4 Å². The summed E-state index contributed by atoms with van der Waals surface area (Å²) in [5.74, 6) is -6.68. The van der Waals surface area contributed by atoms with E-state index in [2.05, 4.69) is 0 Å². The molecule has 0 aliphatic rings. The second kappa shape index (κ2) is 7.49. The predicted octanol–water partition coefficient (Wildman–Crippen LogP) is 4.87. The van der Waals surface area contributed by atoms with Gasteiger partial charge in [0.05, 0.1) is 6.42 Å². The number of benzene rings is 1. The quantitative estimate of drug-likeness (QED) is 0.545. The minimum absolute atomic E-state index is 0.371. The number of hydrogen-bond acceptors (Lipinski definition) is 3. The van der Waals surface area contributed by atoms with Crippen LogP contribution in [0.3, 0.4) is 0 Å². The molecular formula is C17H19F8NO2. The smallest absolute Gasteiger partial charge is 0.458 e. The predicted molar refractivity (Wildman–Crippen MR) is 83.5 cm³/mol. The molecule has 0 saturated heterocycles. The summed E-state index contributed by atoms with van der Waals surface area (Å²) in [5, 5.41) is 0. The fraction of sp³-hybridized carbons (Fsp3) is 0.588. The van der Waals surface area contributed by atoms with Gasteiger partial charge in [-0.1, -0.05) is 18.2 Å². The highest BCUT2D eigenvalue weighted by Gasteiger charge is 2.58. The van der Waals surface area contributed by atoms with Crippen molar-refractivity contribution < 1.29 is 44.7 Å². The second-order valence-electron chi connectivity index (χ2n) is 7.40. The van der Waals surface area contributed by atoms with Gasteiger partial charge in [-0.2, -0.15) is 35.1 Å². The molecule has 3 nitrogen and oxygen atoms in total. The van der Waals surface area contributed by atoms with Crippen LogP contribution < -0.4 is 5.73 Å². The molecule has 0 fully saturated rings. The molecule has 1 aromatic rings. The van der Waals surface area contributed by atoms with E-state index in [0.29, 0.717) is 12.1 Å². The summed E-state index contributed by atoms with van der Waals surface area (Å²) >= 11 is 0. The number of ether oxygens (including phenoxy) is 1. The zero-order valence-corrected chi connectivity index (χ0v) is 15.1. The van der Waals surface area contributed by atoms with Crippen molar-refractivity contribution in [3.63, 3.8) is 0 Å². The van der Waals surface area contributed by atoms with Crippen LogP contribution in [0.5, 0.6) is 0 Å². The number of alkyl halides is 8. The molecule has 0 aliphatic carbocycles. The first-order valence-electron chi connectivity index (χ1n) is 7.90. The van der Waals surface area contributed by atoms with E-state index in [4.69, 9.17) is 10.5 Å². The fourth-order valence-corrected chi connectivity index (χ4v) is 2.35. The van der Waals surface area contributed by atoms with Crippen LogP contribution in [0.2, 0.25) is 0 Å². The van der Waals surface area contributed by atoms with Crippen molar-refractivity contribution in [2.24, 2.45) is 5.73 Å². The SMILES string of the molecule is CC(C)(C)OC(=O)[C@@](N)(Cc1cccc(C(F)(F)C(F)(F)F)c1)CC(F)(F)F. The Hall–Kier alpha value is -1.91. The Bertz CT molecular complexity index is 706. The summed E-state index contributed by atoms with van der Waals surface area (Å²) in [7, 11) is 0. The Kier molecular flexibility index (Phi) is 6.45. The van der Waals surface area contributed by atoms with Crippen molar-refractivity contribution in [2.75, 3.05) is 0 Å². The van der Waals surface area contributed by atoms with Crippen LogP contribution in [0.15, 0.2) is 24.3 Å². The normalized spacial score (nSPS) is 15.9. The van der Waals surface area contributed by atoms with Crippen LogP contribution in [0.4, 0.5) is 35.1 Å². The number of halogens is 8. The first-order valence-corrected chi connectivity index (χ1v) is 7.90. The molecule has 0 heterocycles. The maximum absolute atomic E-state index is 13.5. The van der Waals surface area contributed by atoms with Gasteiger partial charge in [-0.05, 0) is 32.4 Å². The van der Waals surface area contributed by atoms with Crippen LogP contribution >= 0.6 is 0 Å². The lowest BCUT2D eigenvalue weighted by Crippen LogP contribution is -2.55. The van der Waals surface area contributed by atoms with Crippen molar-refractivity contribution >= 4 is 5.97 Å². The highest BCUT2D eigenvalue weighted by atomic mass is 19.4. The van der Waals surface area contributed by atoms with Gasteiger partial charge in [0.25, 0.3) is 0 Å². The van der Waals surface area contributed by atoms with Crippen LogP contribution in [-0.4, -0.2) is 29.5 Å². The van der Waals surface area contributed by atoms with Crippen LogP contribution in [-0.2, 0) is 21.9 Å². The number of carbonyl (C=O) groups is 1. The van der Waals surface area contributed by atoms with Crippen molar-refractivity contribution in [3.8, 4) is 0 Å². The van der Waals surface area contributed by atoms with Crippen molar-refractivity contribution in [2.45, 2.75) is 63.0 Å². The molecule has 2 N–H and O–H groups in total. The van der Waals surface area contributed by atoms with Gasteiger partial charge >= 0.3 is 24.2 Å². The monoisotopic (exact) mass is 421 g/mol. The summed E-state index contributed by atoms with van der Waals surface area (Å²) in [6.45, 7) is 4.14. The Labute approximate surface area is 155 Å². The average molecular weight is 421 g/mol. The third-order valence-corrected chi connectivity index (χ3v) is 3.49. The molecule has 1 atom stereocenters. The van der Waals surface area contributed by atoms with E-state index >= 15 is 0 Å². The highest BCUT2D eigenvalue weighted by molar-refractivity contribution is 5.81. The second-order valence-corrected chi connectivity index (χ2v) is 7.40. The van der Waals surface area contributed by atoms with E-state index in [9.17, 15) is 39.9 Å². The molecule has 11 heteroatoms. The number of nitrogens with two attached hydrogens (primary N) is 1. The summed E-state index contributed by atoms with van der Waals surface area (Å²) in [6.07, 6.45) is -13.6. The molecule has 0 bridgehead atoms. The van der Waals surface area contributed by atoms with E-state index in [-0.39, 0.29) is 0 Å². The summed E-state index contributed by atoms with van der Waals surface area (Å²) in [4.78, 5) is 12.2. The van der Waals surface area contributed by atoms with Gasteiger partial charge in [-0.3, -0.25) is 4.79 Å². The van der Waals surface area contributed by atoms with E-state index in [1.807, 2.05) is 0 Å². The van der Waals surface area contributed by atoms with Crippen molar-refractivity contribution in [1.29, 1.82) is 0 Å². The number of carbonyl (C=O) groups excluding carboxylic acids is 1. The molecule has 1 aromatic carbocycles. The van der Waals surface area contributed by atoms with Gasteiger partial charge in [0.1, 0.15) is 11.1 Å². The van der Waals surface area contributed by atoms with Gasteiger partial charge < -0.3 is 10.5 Å². The Morgan fingerprint density at radius 1 is 1.00 bits per heavy atom. The maximum Gasteiger partial charge on any atom is 0.458 e. The lowest BCUT2D eigenvalue weighted by atomic mass is 9.87. The minimum atomic E-state index is -5.90. The van der Waals surface area contributed by atoms with Crippen LogP contribution in [0.25, 0.3) is 0 Å². The minimum Gasteiger partial charge on any atom is -0.459 e. The van der Waals surface area contributed by atoms with Gasteiger partial charge in [0.15, 0.2) is 0 Å². The van der Waals surface area contributed by atoms with Crippen LogP contribution in [0, 0.1) is 0 Å². The molecule has 0 amide bonds. The van der Waals surface area contributed by atoms with Gasteiger partial charge in [0, 0.05) is 12.0 Å². The Morgan fingerprint density at radius 3 is 1.96 bits per heavy atom. The molecule has 0 aromatic heterocycles. The van der Waals surface area contributed by atoms with Gasteiger partial charge in [-0.25, -0.2) is 0 Å². The maximum atomic E-state index is 13.5. The van der Waals surface area contributed by atoms with E-state index in [1.54, 1.807) is 0 Å². The van der Waals surface area contributed by atoms with E-state index in [0.717, 1.165) is 12.1 Å². The first kappa shape index (κ1) is 24.1. The Balaban J connectivity index is 3.30. The van der Waals surface area contributed by atoms with Crippen LogP contribution in [0.1, 0.15) is 38.3 Å². The molecular weight excluding hydrogens is 402 g/mol. The number of rotatable bonds is 5. The zero-order chi connectivity index (χ0) is 22.2. The molecule has 160 valence electrons. The van der Waals surface area contributed by atoms with Gasteiger partial charge in [0.2, 0.25) is 0 Å². The molecule has 0 spiro atoms. The number of hydrogen-bond donors (Lipinski definition) is 1. The zero-order valence-electron chi connectivity index (χ0n) is 15.1. The average Bonchev–Trinajstić information content (AvgIpc) is 2.42. The third-order valence-electron chi connectivity index (χ3n) is 3.49.